The SMILES string of the molecule is CN(C(=O)c1cccc(F)c1)c1cc(N)ccn1. The van der Waals surface area contributed by atoms with Gasteiger partial charge in [-0.1, -0.05) is 6.07 Å². The number of pyridine rings is 1. The standard InChI is InChI=1S/C13H12FN3O/c1-17(12-8-11(15)5-6-16-12)13(18)9-3-2-4-10(14)7-9/h2-8H,1H3,(H2,15,16). The lowest BCUT2D eigenvalue weighted by Crippen LogP contribution is -2.27. The van der Waals surface area contributed by atoms with Crippen LogP contribution in [0, 0.1) is 5.82 Å². The van der Waals surface area contributed by atoms with Crippen LogP contribution in [-0.4, -0.2) is 17.9 Å². The smallest absolute Gasteiger partial charge is 0.259 e. The number of nitrogens with two attached hydrogens (primary N) is 1. The molecule has 0 aliphatic carbocycles. The van der Waals surface area contributed by atoms with E-state index in [9.17, 15) is 9.18 Å². The molecule has 0 aliphatic rings. The fourth-order valence-corrected chi connectivity index (χ4v) is 1.54. The average Bonchev–Trinajstić information content (AvgIpc) is 2.37. The van der Waals surface area contributed by atoms with Crippen molar-refractivity contribution in [2.24, 2.45) is 0 Å². The van der Waals surface area contributed by atoms with E-state index in [2.05, 4.69) is 4.98 Å². The number of carbonyl (C=O) groups is 1. The van der Waals surface area contributed by atoms with Crippen LogP contribution >= 0.6 is 0 Å². The van der Waals surface area contributed by atoms with Gasteiger partial charge in [-0.2, -0.15) is 0 Å². The van der Waals surface area contributed by atoms with Crippen molar-refractivity contribution in [2.45, 2.75) is 0 Å². The summed E-state index contributed by atoms with van der Waals surface area (Å²) in [5.74, 6) is -0.369. The number of halogens is 1. The van der Waals surface area contributed by atoms with Crippen molar-refractivity contribution < 1.29 is 9.18 Å². The molecule has 2 rings (SSSR count). The number of benzene rings is 1. The van der Waals surface area contributed by atoms with Crippen molar-refractivity contribution in [1.29, 1.82) is 0 Å². The summed E-state index contributed by atoms with van der Waals surface area (Å²) in [5.41, 5.74) is 6.40. The number of amides is 1. The van der Waals surface area contributed by atoms with Crippen molar-refractivity contribution in [1.82, 2.24) is 4.98 Å². The lowest BCUT2D eigenvalue weighted by molar-refractivity contribution is 0.0992. The zero-order chi connectivity index (χ0) is 13.1. The van der Waals surface area contributed by atoms with Crippen LogP contribution in [0.15, 0.2) is 42.6 Å². The number of nitrogens with zero attached hydrogens (tertiary/aromatic N) is 2. The molecule has 1 heterocycles. The molecule has 1 aromatic carbocycles. The van der Waals surface area contributed by atoms with E-state index in [1.165, 1.54) is 29.3 Å². The maximum atomic E-state index is 13.1. The molecule has 0 aliphatic heterocycles. The number of anilines is 2. The first-order chi connectivity index (χ1) is 8.58. The Morgan fingerprint density at radius 1 is 1.33 bits per heavy atom. The maximum Gasteiger partial charge on any atom is 0.259 e. The molecule has 0 spiro atoms. The van der Waals surface area contributed by atoms with Gasteiger partial charge in [-0.05, 0) is 24.3 Å². The summed E-state index contributed by atoms with van der Waals surface area (Å²) < 4.78 is 13.1. The zero-order valence-electron chi connectivity index (χ0n) is 9.80. The lowest BCUT2D eigenvalue weighted by atomic mass is 10.2. The van der Waals surface area contributed by atoms with Gasteiger partial charge in [0.05, 0.1) is 0 Å². The van der Waals surface area contributed by atoms with E-state index in [0.717, 1.165) is 0 Å². The van der Waals surface area contributed by atoms with E-state index in [4.69, 9.17) is 5.73 Å². The number of aromatic nitrogens is 1. The highest BCUT2D eigenvalue weighted by atomic mass is 19.1. The molecule has 1 aromatic heterocycles. The fourth-order valence-electron chi connectivity index (χ4n) is 1.54. The van der Waals surface area contributed by atoms with E-state index in [1.54, 1.807) is 25.2 Å². The van der Waals surface area contributed by atoms with E-state index < -0.39 is 5.82 Å². The Hall–Kier alpha value is -2.43. The molecule has 0 atom stereocenters. The van der Waals surface area contributed by atoms with Crippen LogP contribution in [0.4, 0.5) is 15.9 Å². The van der Waals surface area contributed by atoms with Gasteiger partial charge >= 0.3 is 0 Å². The van der Waals surface area contributed by atoms with Gasteiger partial charge in [0.2, 0.25) is 0 Å². The number of rotatable bonds is 2. The predicted octanol–water partition coefficient (Wildman–Crippen LogP) is 2.08. The molecule has 0 saturated heterocycles. The van der Waals surface area contributed by atoms with Gasteiger partial charge < -0.3 is 5.73 Å². The number of hydrogen-bond acceptors (Lipinski definition) is 3. The Labute approximate surface area is 104 Å². The molecule has 0 saturated carbocycles. The van der Waals surface area contributed by atoms with Crippen LogP contribution in [-0.2, 0) is 0 Å². The Morgan fingerprint density at radius 2 is 2.11 bits per heavy atom. The Kier molecular flexibility index (Phi) is 3.23. The Morgan fingerprint density at radius 3 is 2.78 bits per heavy atom. The third kappa shape index (κ3) is 2.45. The molecule has 4 nitrogen and oxygen atoms in total. The van der Waals surface area contributed by atoms with Crippen LogP contribution < -0.4 is 10.6 Å². The first-order valence-corrected chi connectivity index (χ1v) is 5.33. The van der Waals surface area contributed by atoms with Crippen molar-refractivity contribution in [3.05, 3.63) is 54.0 Å². The Bertz CT molecular complexity index is 586. The number of nitrogen functional groups attached to an aromatic ring is 1. The molecule has 0 fully saturated rings. The molecule has 0 bridgehead atoms. The second-order valence-corrected chi connectivity index (χ2v) is 3.82. The summed E-state index contributed by atoms with van der Waals surface area (Å²) in [4.78, 5) is 17.5. The zero-order valence-corrected chi connectivity index (χ0v) is 9.80. The maximum absolute atomic E-state index is 13.1. The van der Waals surface area contributed by atoms with Crippen LogP contribution in [0.25, 0.3) is 0 Å². The topological polar surface area (TPSA) is 59.2 Å². The molecule has 92 valence electrons. The summed E-state index contributed by atoms with van der Waals surface area (Å²) in [6.45, 7) is 0. The third-order valence-corrected chi connectivity index (χ3v) is 2.49. The fraction of sp³-hybridized carbons (Fsp3) is 0.0769. The van der Waals surface area contributed by atoms with Crippen molar-refractivity contribution in [3.63, 3.8) is 0 Å². The van der Waals surface area contributed by atoms with E-state index in [1.807, 2.05) is 0 Å². The van der Waals surface area contributed by atoms with Crippen LogP contribution in [0.3, 0.4) is 0 Å². The summed E-state index contributed by atoms with van der Waals surface area (Å²) >= 11 is 0. The highest BCUT2D eigenvalue weighted by Gasteiger charge is 2.14. The molecule has 5 heteroatoms. The minimum absolute atomic E-state index is 0.265. The normalized spacial score (nSPS) is 10.1. The Balaban J connectivity index is 2.29. The summed E-state index contributed by atoms with van der Waals surface area (Å²) in [7, 11) is 1.56. The molecule has 2 aromatic rings. The van der Waals surface area contributed by atoms with Gasteiger partial charge in [-0.3, -0.25) is 9.69 Å². The third-order valence-electron chi connectivity index (χ3n) is 2.49. The first-order valence-electron chi connectivity index (χ1n) is 5.33. The molecule has 18 heavy (non-hydrogen) atoms. The summed E-state index contributed by atoms with van der Waals surface area (Å²) in [5, 5.41) is 0. The first kappa shape index (κ1) is 12.0. The van der Waals surface area contributed by atoms with Gasteiger partial charge in [0.15, 0.2) is 0 Å². The number of carbonyl (C=O) groups excluding carboxylic acids is 1. The second kappa shape index (κ2) is 4.83. The molecule has 2 N–H and O–H groups in total. The average molecular weight is 245 g/mol. The van der Waals surface area contributed by atoms with E-state index >= 15 is 0 Å². The minimum atomic E-state index is -0.449. The highest BCUT2D eigenvalue weighted by molar-refractivity contribution is 6.05. The minimum Gasteiger partial charge on any atom is -0.399 e. The molecular formula is C13H12FN3O. The molecule has 0 radical (unpaired) electrons. The van der Waals surface area contributed by atoms with Gasteiger partial charge in [-0.25, -0.2) is 9.37 Å². The van der Waals surface area contributed by atoms with Gasteiger partial charge in [-0.15, -0.1) is 0 Å². The summed E-state index contributed by atoms with van der Waals surface area (Å²) in [6, 6.07) is 8.72. The highest BCUT2D eigenvalue weighted by Crippen LogP contribution is 2.15. The lowest BCUT2D eigenvalue weighted by Gasteiger charge is -2.16. The van der Waals surface area contributed by atoms with Crippen LogP contribution in [0.1, 0.15) is 10.4 Å². The van der Waals surface area contributed by atoms with Gasteiger partial charge in [0.25, 0.3) is 5.91 Å². The largest absolute Gasteiger partial charge is 0.399 e. The molecule has 0 unspecified atom stereocenters. The van der Waals surface area contributed by atoms with Crippen LogP contribution in [0.5, 0.6) is 0 Å². The van der Waals surface area contributed by atoms with Gasteiger partial charge in [0.1, 0.15) is 11.6 Å². The number of hydrogen-bond donors (Lipinski definition) is 1. The second-order valence-electron chi connectivity index (χ2n) is 3.82. The van der Waals surface area contributed by atoms with Crippen LogP contribution in [0.2, 0.25) is 0 Å². The quantitative estimate of drug-likeness (QED) is 0.881. The molecular weight excluding hydrogens is 233 g/mol. The van der Waals surface area contributed by atoms with Crippen molar-refractivity contribution in [3.8, 4) is 0 Å². The summed E-state index contributed by atoms with van der Waals surface area (Å²) in [6.07, 6.45) is 1.51. The van der Waals surface area contributed by atoms with E-state index in [-0.39, 0.29) is 11.5 Å². The molecule has 1 amide bonds. The monoisotopic (exact) mass is 245 g/mol. The van der Waals surface area contributed by atoms with Crippen molar-refractivity contribution in [2.75, 3.05) is 17.7 Å². The predicted molar refractivity (Wildman–Crippen MR) is 67.8 cm³/mol. The van der Waals surface area contributed by atoms with Gasteiger partial charge in [0, 0.05) is 30.6 Å². The van der Waals surface area contributed by atoms with Crippen molar-refractivity contribution >= 4 is 17.4 Å². The van der Waals surface area contributed by atoms with E-state index in [0.29, 0.717) is 11.5 Å².